The first-order chi connectivity index (χ1) is 25.7. The lowest BCUT2D eigenvalue weighted by Gasteiger charge is -2.33. The van der Waals surface area contributed by atoms with Crippen molar-refractivity contribution >= 4 is 17.4 Å². The standard InChI is InChI=1S/C39H42F4N8O3/c1-6-10-24-16-27(44)33(40)31(32(24)39(41,42)43)30-17-28-26(21-53-30)35(46-37(45-28)54-22-38-12-8-14-50(38)19-23(3)18-38)49-13-9-15-51-29(20-49)25(11-7-2)34(47-51)36(52)48(4)5/h16,30H,3,8-9,12-15,17-22,44H2,1-2,4-5H3/t30-,38+/m0/s1. The van der Waals surface area contributed by atoms with Gasteiger partial charge in [0, 0.05) is 56.8 Å². The zero-order chi connectivity index (χ0) is 38.5. The number of aryl methyl sites for hydroxylation is 1. The molecule has 2 N–H and O–H groups in total. The maximum Gasteiger partial charge on any atom is 0.418 e. The van der Waals surface area contributed by atoms with Crippen molar-refractivity contribution in [3.8, 4) is 29.7 Å². The van der Waals surface area contributed by atoms with Gasteiger partial charge in [0.05, 0.1) is 53.0 Å². The number of alkyl halides is 3. The Kier molecular flexibility index (Phi) is 9.83. The molecular formula is C39H42F4N8O3. The van der Waals surface area contributed by atoms with Gasteiger partial charge in [-0.2, -0.15) is 28.2 Å². The van der Waals surface area contributed by atoms with E-state index >= 15 is 4.39 Å². The molecule has 7 rings (SSSR count). The number of hydrogen-bond acceptors (Lipinski definition) is 9. The SMILES string of the molecule is C=C1CN2CCC[C@]2(COc2nc3c(c(N4CCCn5nc(C(=O)N(C)C)c(C#CC)c5C4)n2)CO[C@H](c2c(F)c(N)cc(C#CC)c2C(F)(F)F)C3)C1. The van der Waals surface area contributed by atoms with E-state index in [0.29, 0.717) is 48.8 Å². The van der Waals surface area contributed by atoms with Gasteiger partial charge in [0.2, 0.25) is 0 Å². The second-order valence-corrected chi connectivity index (χ2v) is 14.5. The number of halogens is 4. The fourth-order valence-corrected chi connectivity index (χ4v) is 8.24. The third kappa shape index (κ3) is 6.64. The molecule has 0 spiro atoms. The molecule has 2 fully saturated rings. The van der Waals surface area contributed by atoms with Crippen LogP contribution in [0.4, 0.5) is 29.1 Å². The number of amides is 1. The molecule has 1 amide bonds. The van der Waals surface area contributed by atoms with Crippen LogP contribution in [0.5, 0.6) is 6.01 Å². The van der Waals surface area contributed by atoms with Crippen molar-refractivity contribution in [3.05, 3.63) is 68.9 Å². The second kappa shape index (κ2) is 14.3. The van der Waals surface area contributed by atoms with E-state index in [1.165, 1.54) is 11.8 Å². The molecule has 0 aliphatic carbocycles. The van der Waals surface area contributed by atoms with Crippen LogP contribution in [-0.4, -0.2) is 81.3 Å². The molecule has 6 heterocycles. The molecule has 1 aromatic carbocycles. The van der Waals surface area contributed by atoms with Crippen LogP contribution in [0.15, 0.2) is 18.2 Å². The highest BCUT2D eigenvalue weighted by atomic mass is 19.4. The third-order valence-corrected chi connectivity index (χ3v) is 10.6. The maximum absolute atomic E-state index is 15.8. The van der Waals surface area contributed by atoms with E-state index in [9.17, 15) is 18.0 Å². The summed E-state index contributed by atoms with van der Waals surface area (Å²) in [6, 6.07) is 0.961. The highest BCUT2D eigenvalue weighted by Crippen LogP contribution is 2.45. The first kappa shape index (κ1) is 37.2. The lowest BCUT2D eigenvalue weighted by atomic mass is 9.90. The molecule has 2 atom stereocenters. The Morgan fingerprint density at radius 1 is 1.15 bits per heavy atom. The van der Waals surface area contributed by atoms with Crippen LogP contribution in [-0.2, 0) is 37.0 Å². The summed E-state index contributed by atoms with van der Waals surface area (Å²) in [4.78, 5) is 28.7. The summed E-state index contributed by atoms with van der Waals surface area (Å²) < 4.78 is 74.1. The zero-order valence-electron chi connectivity index (χ0n) is 30.8. The predicted octanol–water partition coefficient (Wildman–Crippen LogP) is 5.26. The van der Waals surface area contributed by atoms with E-state index in [1.54, 1.807) is 25.7 Å². The van der Waals surface area contributed by atoms with Crippen LogP contribution in [0.2, 0.25) is 0 Å². The Balaban J connectivity index is 1.32. The molecular weight excluding hydrogens is 704 g/mol. The number of rotatable bonds is 6. The molecule has 0 radical (unpaired) electrons. The molecule has 54 heavy (non-hydrogen) atoms. The summed E-state index contributed by atoms with van der Waals surface area (Å²) in [6.45, 7) is 10.4. The summed E-state index contributed by atoms with van der Waals surface area (Å²) in [7, 11) is 3.31. The summed E-state index contributed by atoms with van der Waals surface area (Å²) in [5, 5.41) is 4.66. The van der Waals surface area contributed by atoms with Crippen LogP contribution in [0.1, 0.15) is 95.3 Å². The van der Waals surface area contributed by atoms with Crippen molar-refractivity contribution in [2.24, 2.45) is 0 Å². The number of ether oxygens (including phenoxy) is 2. The number of anilines is 2. The molecule has 0 unspecified atom stereocenters. The van der Waals surface area contributed by atoms with E-state index in [2.05, 4.69) is 40.3 Å². The summed E-state index contributed by atoms with van der Waals surface area (Å²) in [5.74, 6) is 9.90. The Morgan fingerprint density at radius 2 is 1.93 bits per heavy atom. The number of nitrogen functional groups attached to an aromatic ring is 1. The molecule has 11 nitrogen and oxygen atoms in total. The van der Waals surface area contributed by atoms with Gasteiger partial charge in [-0.05, 0) is 52.1 Å². The molecule has 4 aliphatic heterocycles. The normalized spacial score (nSPS) is 20.9. The molecule has 284 valence electrons. The minimum Gasteiger partial charge on any atom is -0.461 e. The largest absolute Gasteiger partial charge is 0.461 e. The highest BCUT2D eigenvalue weighted by Gasteiger charge is 2.47. The van der Waals surface area contributed by atoms with E-state index in [0.717, 1.165) is 49.7 Å². The fourth-order valence-electron chi connectivity index (χ4n) is 8.24. The minimum atomic E-state index is -4.95. The van der Waals surface area contributed by atoms with Gasteiger partial charge in [0.15, 0.2) is 11.5 Å². The fraction of sp³-hybridized carbons (Fsp3) is 0.487. The maximum atomic E-state index is 15.8. The van der Waals surface area contributed by atoms with E-state index in [-0.39, 0.29) is 42.7 Å². The number of carbonyl (C=O) groups excluding carboxylic acids is 1. The number of nitrogens with zero attached hydrogens (tertiary/aromatic N) is 7. The number of fused-ring (bicyclic) bond motifs is 3. The summed E-state index contributed by atoms with van der Waals surface area (Å²) >= 11 is 0. The zero-order valence-corrected chi connectivity index (χ0v) is 30.8. The molecule has 0 saturated carbocycles. The first-order valence-electron chi connectivity index (χ1n) is 17.9. The van der Waals surface area contributed by atoms with Gasteiger partial charge >= 0.3 is 12.2 Å². The highest BCUT2D eigenvalue weighted by molar-refractivity contribution is 5.95. The van der Waals surface area contributed by atoms with Gasteiger partial charge in [-0.25, -0.2) is 4.39 Å². The van der Waals surface area contributed by atoms with Crippen LogP contribution >= 0.6 is 0 Å². The average molecular weight is 747 g/mol. The lowest BCUT2D eigenvalue weighted by Crippen LogP contribution is -2.43. The Hall–Kier alpha value is -5.12. The molecule has 15 heteroatoms. The van der Waals surface area contributed by atoms with Gasteiger partial charge < -0.3 is 25.0 Å². The Bertz CT molecular complexity index is 2160. The third-order valence-electron chi connectivity index (χ3n) is 10.6. The predicted molar refractivity (Wildman–Crippen MR) is 193 cm³/mol. The second-order valence-electron chi connectivity index (χ2n) is 14.5. The Morgan fingerprint density at radius 3 is 2.65 bits per heavy atom. The molecule has 2 aromatic heterocycles. The van der Waals surface area contributed by atoms with Gasteiger partial charge in [-0.1, -0.05) is 24.0 Å². The average Bonchev–Trinajstić information content (AvgIpc) is 3.70. The summed E-state index contributed by atoms with van der Waals surface area (Å²) in [6.07, 6.45) is -3.19. The summed E-state index contributed by atoms with van der Waals surface area (Å²) in [5.41, 5.74) is 6.37. The minimum absolute atomic E-state index is 0.0552. The van der Waals surface area contributed by atoms with E-state index in [4.69, 9.17) is 25.2 Å². The smallest absolute Gasteiger partial charge is 0.418 e. The van der Waals surface area contributed by atoms with Crippen molar-refractivity contribution in [2.75, 3.05) is 51.0 Å². The van der Waals surface area contributed by atoms with Crippen molar-refractivity contribution in [1.29, 1.82) is 0 Å². The van der Waals surface area contributed by atoms with Crippen molar-refractivity contribution in [3.63, 3.8) is 0 Å². The monoisotopic (exact) mass is 746 g/mol. The van der Waals surface area contributed by atoms with Crippen LogP contribution < -0.4 is 15.4 Å². The van der Waals surface area contributed by atoms with Crippen molar-refractivity contribution in [2.45, 2.75) is 83.5 Å². The van der Waals surface area contributed by atoms with E-state index in [1.807, 2.05) is 4.90 Å². The van der Waals surface area contributed by atoms with Crippen LogP contribution in [0, 0.1) is 29.5 Å². The molecule has 0 bridgehead atoms. The number of carbonyl (C=O) groups is 1. The van der Waals surface area contributed by atoms with Gasteiger partial charge in [0.1, 0.15) is 12.4 Å². The number of aromatic nitrogens is 4. The van der Waals surface area contributed by atoms with Gasteiger partial charge in [-0.3, -0.25) is 14.4 Å². The van der Waals surface area contributed by atoms with Gasteiger partial charge in [-0.15, -0.1) is 11.8 Å². The van der Waals surface area contributed by atoms with Crippen LogP contribution in [0.3, 0.4) is 0 Å². The van der Waals surface area contributed by atoms with Crippen molar-refractivity contribution in [1.82, 2.24) is 29.5 Å². The topological polar surface area (TPSA) is 115 Å². The number of benzene rings is 1. The lowest BCUT2D eigenvalue weighted by molar-refractivity contribution is -0.140. The quantitative estimate of drug-likeness (QED) is 0.156. The number of nitrogens with two attached hydrogens (primary N) is 1. The Labute approximate surface area is 311 Å². The molecule has 4 aliphatic rings. The first-order valence-corrected chi connectivity index (χ1v) is 17.9. The van der Waals surface area contributed by atoms with E-state index < -0.39 is 40.5 Å². The number of hydrogen-bond donors (Lipinski definition) is 1. The van der Waals surface area contributed by atoms with Gasteiger partial charge in [0.25, 0.3) is 5.91 Å². The molecule has 2 saturated heterocycles. The van der Waals surface area contributed by atoms with Crippen LogP contribution in [0.25, 0.3) is 0 Å². The van der Waals surface area contributed by atoms with Crippen molar-refractivity contribution < 1.29 is 31.8 Å². The molecule has 3 aromatic rings.